The molecule has 4 aliphatic rings. The molecular formula is C19H26N2O. The molecule has 3 nitrogen and oxygen atoms in total. The molecule has 0 unspecified atom stereocenters. The van der Waals surface area contributed by atoms with Gasteiger partial charge in [0.2, 0.25) is 0 Å². The molecule has 5 rings (SSSR count). The van der Waals surface area contributed by atoms with Crippen LogP contribution in [0.4, 0.5) is 5.69 Å². The van der Waals surface area contributed by atoms with Crippen LogP contribution in [-0.2, 0) is 5.41 Å². The van der Waals surface area contributed by atoms with Crippen molar-refractivity contribution in [3.05, 3.63) is 29.8 Å². The van der Waals surface area contributed by atoms with Gasteiger partial charge in [-0.3, -0.25) is 4.90 Å². The molecule has 1 aromatic rings. The molecule has 0 amide bonds. The number of nitrogens with zero attached hydrogens (tertiary/aromatic N) is 1. The summed E-state index contributed by atoms with van der Waals surface area (Å²) in [7, 11) is 0. The molecule has 6 atom stereocenters. The van der Waals surface area contributed by atoms with Crippen LogP contribution in [0.1, 0.15) is 31.7 Å². The number of benzene rings is 1. The molecule has 2 N–H and O–H groups in total. The zero-order valence-corrected chi connectivity index (χ0v) is 13.3. The smallest absolute Gasteiger partial charge is 0.0481 e. The highest BCUT2D eigenvalue weighted by molar-refractivity contribution is 5.64. The average Bonchev–Trinajstić information content (AvgIpc) is 3.11. The van der Waals surface area contributed by atoms with Crippen molar-refractivity contribution in [3.8, 4) is 0 Å². The molecule has 3 heterocycles. The van der Waals surface area contributed by atoms with Crippen LogP contribution >= 0.6 is 0 Å². The van der Waals surface area contributed by atoms with Crippen molar-refractivity contribution in [2.75, 3.05) is 25.0 Å². The monoisotopic (exact) mass is 298 g/mol. The van der Waals surface area contributed by atoms with Gasteiger partial charge in [-0.15, -0.1) is 0 Å². The molecule has 1 aromatic carbocycles. The van der Waals surface area contributed by atoms with E-state index in [9.17, 15) is 5.11 Å². The lowest BCUT2D eigenvalue weighted by Crippen LogP contribution is -2.64. The normalized spacial score (nSPS) is 45.3. The predicted octanol–water partition coefficient (Wildman–Crippen LogP) is 2.46. The Kier molecular flexibility index (Phi) is 2.73. The second-order valence-electron chi connectivity index (χ2n) is 7.88. The van der Waals surface area contributed by atoms with Crippen LogP contribution in [-0.4, -0.2) is 41.8 Å². The Labute approximate surface area is 132 Å². The van der Waals surface area contributed by atoms with E-state index >= 15 is 0 Å². The standard InChI is InChI=1S/C19H26N2O/c1-2-12-10-21-8-7-19-15-5-3-4-6-16(15)20-18(19)14(11-22)13(12)9-17(19)21/h3-6,12-14,17-18,20,22H,2,7-11H2,1H3/t12-,13-,14-,17-,18+,19+/m1/s1. The Balaban J connectivity index is 1.68. The SMILES string of the molecule is CC[C@@H]1CN2CC[C@@]34c5ccccc5N[C@H]3[C@H](CO)[C@@H]1C[C@@H]24. The van der Waals surface area contributed by atoms with Crippen LogP contribution in [0.3, 0.4) is 0 Å². The number of nitrogens with one attached hydrogen (secondary N) is 1. The lowest BCUT2D eigenvalue weighted by molar-refractivity contribution is -0.0363. The lowest BCUT2D eigenvalue weighted by Gasteiger charge is -2.56. The van der Waals surface area contributed by atoms with Crippen LogP contribution in [0, 0.1) is 17.8 Å². The highest BCUT2D eigenvalue weighted by atomic mass is 16.3. The Morgan fingerprint density at radius 2 is 2.23 bits per heavy atom. The molecule has 22 heavy (non-hydrogen) atoms. The number of hydrogen-bond donors (Lipinski definition) is 2. The van der Waals surface area contributed by atoms with Gasteiger partial charge >= 0.3 is 0 Å². The summed E-state index contributed by atoms with van der Waals surface area (Å²) < 4.78 is 0. The maximum Gasteiger partial charge on any atom is 0.0481 e. The van der Waals surface area contributed by atoms with Crippen LogP contribution in [0.25, 0.3) is 0 Å². The molecule has 1 saturated carbocycles. The molecule has 3 fully saturated rings. The summed E-state index contributed by atoms with van der Waals surface area (Å²) >= 11 is 0. The number of fused-ring (bicyclic) bond motifs is 2. The summed E-state index contributed by atoms with van der Waals surface area (Å²) in [6, 6.07) is 10.0. The van der Waals surface area contributed by atoms with Crippen LogP contribution in [0.2, 0.25) is 0 Å². The third kappa shape index (κ3) is 1.40. The molecule has 0 radical (unpaired) electrons. The first kappa shape index (κ1) is 13.4. The van der Waals surface area contributed by atoms with E-state index in [1.165, 1.54) is 43.6 Å². The third-order valence-corrected chi connectivity index (χ3v) is 7.43. The zero-order chi connectivity index (χ0) is 14.9. The molecule has 3 aliphatic heterocycles. The largest absolute Gasteiger partial charge is 0.396 e. The minimum atomic E-state index is 0.249. The Morgan fingerprint density at radius 1 is 1.36 bits per heavy atom. The minimum Gasteiger partial charge on any atom is -0.396 e. The van der Waals surface area contributed by atoms with E-state index in [1.54, 1.807) is 0 Å². The first-order valence-electron chi connectivity index (χ1n) is 9.00. The first-order valence-corrected chi connectivity index (χ1v) is 9.00. The molecule has 1 spiro atoms. The van der Waals surface area contributed by atoms with E-state index < -0.39 is 0 Å². The Morgan fingerprint density at radius 3 is 3.05 bits per heavy atom. The van der Waals surface area contributed by atoms with E-state index in [4.69, 9.17) is 0 Å². The second kappa shape index (κ2) is 4.48. The quantitative estimate of drug-likeness (QED) is 0.880. The molecule has 2 saturated heterocycles. The van der Waals surface area contributed by atoms with Crippen LogP contribution in [0.15, 0.2) is 24.3 Å². The van der Waals surface area contributed by atoms with Crippen molar-refractivity contribution in [1.29, 1.82) is 0 Å². The summed E-state index contributed by atoms with van der Waals surface area (Å²) in [5.74, 6) is 1.86. The zero-order valence-electron chi connectivity index (χ0n) is 13.3. The summed E-state index contributed by atoms with van der Waals surface area (Å²) in [5.41, 5.74) is 3.10. The summed E-state index contributed by atoms with van der Waals surface area (Å²) in [6.45, 7) is 5.15. The van der Waals surface area contributed by atoms with Gasteiger partial charge in [0, 0.05) is 42.3 Å². The first-order chi connectivity index (χ1) is 10.8. The molecule has 2 bridgehead atoms. The highest BCUT2D eigenvalue weighted by Gasteiger charge is 2.65. The van der Waals surface area contributed by atoms with E-state index in [2.05, 4.69) is 41.4 Å². The van der Waals surface area contributed by atoms with E-state index in [0.29, 0.717) is 30.5 Å². The van der Waals surface area contributed by atoms with Gasteiger partial charge in [-0.2, -0.15) is 0 Å². The van der Waals surface area contributed by atoms with Gasteiger partial charge in [0.1, 0.15) is 0 Å². The Bertz CT molecular complexity index is 603. The number of anilines is 1. The number of rotatable bonds is 2. The number of aliphatic hydroxyl groups is 1. The minimum absolute atomic E-state index is 0.249. The topological polar surface area (TPSA) is 35.5 Å². The maximum absolute atomic E-state index is 10.2. The third-order valence-electron chi connectivity index (χ3n) is 7.43. The highest BCUT2D eigenvalue weighted by Crippen LogP contribution is 2.61. The van der Waals surface area contributed by atoms with Gasteiger partial charge < -0.3 is 10.4 Å². The molecule has 1 aliphatic carbocycles. The predicted molar refractivity (Wildman–Crippen MR) is 88.0 cm³/mol. The van der Waals surface area contributed by atoms with Gasteiger partial charge in [0.05, 0.1) is 0 Å². The fraction of sp³-hybridized carbons (Fsp3) is 0.684. The fourth-order valence-corrected chi connectivity index (χ4v) is 6.53. The maximum atomic E-state index is 10.2. The molecular weight excluding hydrogens is 272 g/mol. The molecule has 118 valence electrons. The number of piperidine rings is 1. The molecule has 0 aromatic heterocycles. The summed E-state index contributed by atoms with van der Waals surface area (Å²) in [6.07, 6.45) is 3.79. The van der Waals surface area contributed by atoms with Crippen molar-refractivity contribution in [2.24, 2.45) is 17.8 Å². The number of para-hydroxylation sites is 1. The van der Waals surface area contributed by atoms with Crippen molar-refractivity contribution in [3.63, 3.8) is 0 Å². The lowest BCUT2D eigenvalue weighted by atomic mass is 9.54. The molecule has 3 heteroatoms. The Hall–Kier alpha value is -1.06. The average molecular weight is 298 g/mol. The van der Waals surface area contributed by atoms with E-state index in [1.807, 2.05) is 0 Å². The summed E-state index contributed by atoms with van der Waals surface area (Å²) in [4.78, 5) is 2.77. The summed E-state index contributed by atoms with van der Waals surface area (Å²) in [5, 5.41) is 14.1. The van der Waals surface area contributed by atoms with Crippen LogP contribution in [0.5, 0.6) is 0 Å². The van der Waals surface area contributed by atoms with Gasteiger partial charge in [-0.25, -0.2) is 0 Å². The van der Waals surface area contributed by atoms with Gasteiger partial charge in [-0.1, -0.05) is 31.5 Å². The van der Waals surface area contributed by atoms with Crippen molar-refractivity contribution in [2.45, 2.75) is 43.7 Å². The van der Waals surface area contributed by atoms with E-state index in [-0.39, 0.29) is 5.41 Å². The number of aliphatic hydroxyl groups excluding tert-OH is 1. The van der Waals surface area contributed by atoms with Crippen LogP contribution < -0.4 is 5.32 Å². The van der Waals surface area contributed by atoms with E-state index in [0.717, 1.165) is 5.92 Å². The van der Waals surface area contributed by atoms with Gasteiger partial charge in [0.15, 0.2) is 0 Å². The van der Waals surface area contributed by atoms with Crippen molar-refractivity contribution < 1.29 is 5.11 Å². The number of hydrogen-bond acceptors (Lipinski definition) is 3. The van der Waals surface area contributed by atoms with Gasteiger partial charge in [0.25, 0.3) is 0 Å². The second-order valence-corrected chi connectivity index (χ2v) is 7.88. The fourth-order valence-electron chi connectivity index (χ4n) is 6.53. The van der Waals surface area contributed by atoms with Gasteiger partial charge in [-0.05, 0) is 42.9 Å². The van der Waals surface area contributed by atoms with Crippen molar-refractivity contribution >= 4 is 5.69 Å². The van der Waals surface area contributed by atoms with Crippen molar-refractivity contribution in [1.82, 2.24) is 4.90 Å².